The largest absolute Gasteiger partial charge is 0.395 e. The fraction of sp³-hybridized carbons (Fsp3) is 0.556. The van der Waals surface area contributed by atoms with Gasteiger partial charge in [0.25, 0.3) is 0 Å². The molecule has 72 valence electrons. The molecule has 1 aromatic rings. The Balaban J connectivity index is 2.59. The van der Waals surface area contributed by atoms with Gasteiger partial charge in [-0.05, 0) is 11.5 Å². The Morgan fingerprint density at radius 2 is 2.00 bits per heavy atom. The van der Waals surface area contributed by atoms with Gasteiger partial charge in [0.1, 0.15) is 0 Å². The highest BCUT2D eigenvalue weighted by molar-refractivity contribution is 5.25. The van der Waals surface area contributed by atoms with E-state index in [1.165, 1.54) is 0 Å². The Morgan fingerprint density at radius 3 is 2.46 bits per heavy atom. The monoisotopic (exact) mass is 181 g/mol. The van der Waals surface area contributed by atoms with Crippen molar-refractivity contribution >= 4 is 5.95 Å². The van der Waals surface area contributed by atoms with Crippen LogP contribution in [0.1, 0.15) is 25.3 Å². The van der Waals surface area contributed by atoms with Crippen LogP contribution in [0.25, 0.3) is 0 Å². The normalized spacial score (nSPS) is 10.5. The van der Waals surface area contributed by atoms with Gasteiger partial charge in [-0.25, -0.2) is 9.97 Å². The number of anilines is 1. The lowest BCUT2D eigenvalue weighted by Crippen LogP contribution is -2.08. The Bertz CT molecular complexity index is 246. The Kier molecular flexibility index (Phi) is 3.64. The SMILES string of the molecule is CC(C)c1cnc(NCCO)nc1. The molecule has 0 aliphatic rings. The van der Waals surface area contributed by atoms with Crippen molar-refractivity contribution in [2.45, 2.75) is 19.8 Å². The van der Waals surface area contributed by atoms with Crippen LogP contribution in [0.2, 0.25) is 0 Å². The average molecular weight is 181 g/mol. The van der Waals surface area contributed by atoms with E-state index in [-0.39, 0.29) is 6.61 Å². The molecule has 0 spiro atoms. The van der Waals surface area contributed by atoms with Crippen LogP contribution in [0, 0.1) is 0 Å². The van der Waals surface area contributed by atoms with Crippen LogP contribution in [0.4, 0.5) is 5.95 Å². The summed E-state index contributed by atoms with van der Waals surface area (Å²) in [5.41, 5.74) is 1.12. The van der Waals surface area contributed by atoms with Crippen molar-refractivity contribution < 1.29 is 5.11 Å². The topological polar surface area (TPSA) is 58.0 Å². The average Bonchev–Trinajstić information content (AvgIpc) is 2.15. The molecule has 1 rings (SSSR count). The molecule has 0 amide bonds. The second kappa shape index (κ2) is 4.77. The first-order chi connectivity index (χ1) is 6.24. The van der Waals surface area contributed by atoms with Crippen molar-refractivity contribution in [2.24, 2.45) is 0 Å². The van der Waals surface area contributed by atoms with Crippen molar-refractivity contribution in [3.05, 3.63) is 18.0 Å². The fourth-order valence-electron chi connectivity index (χ4n) is 0.895. The number of aliphatic hydroxyl groups excluding tert-OH is 1. The van der Waals surface area contributed by atoms with E-state index in [0.717, 1.165) is 5.56 Å². The summed E-state index contributed by atoms with van der Waals surface area (Å²) in [6.45, 7) is 4.77. The molecule has 4 nitrogen and oxygen atoms in total. The minimum atomic E-state index is 0.0926. The molecule has 4 heteroatoms. The van der Waals surface area contributed by atoms with E-state index < -0.39 is 0 Å². The maximum absolute atomic E-state index is 8.55. The van der Waals surface area contributed by atoms with Crippen molar-refractivity contribution in [2.75, 3.05) is 18.5 Å². The van der Waals surface area contributed by atoms with Crippen LogP contribution < -0.4 is 5.32 Å². The molecule has 1 aromatic heterocycles. The molecule has 13 heavy (non-hydrogen) atoms. The Hall–Kier alpha value is -1.16. The van der Waals surface area contributed by atoms with Gasteiger partial charge in [0.2, 0.25) is 5.95 Å². The van der Waals surface area contributed by atoms with Crippen molar-refractivity contribution in [3.63, 3.8) is 0 Å². The molecular formula is C9H15N3O. The molecule has 0 unspecified atom stereocenters. The summed E-state index contributed by atoms with van der Waals surface area (Å²) < 4.78 is 0. The zero-order valence-electron chi connectivity index (χ0n) is 7.99. The fourth-order valence-corrected chi connectivity index (χ4v) is 0.895. The number of aromatic nitrogens is 2. The number of hydrogen-bond donors (Lipinski definition) is 2. The molecule has 2 N–H and O–H groups in total. The van der Waals surface area contributed by atoms with Gasteiger partial charge in [0, 0.05) is 18.9 Å². The van der Waals surface area contributed by atoms with E-state index >= 15 is 0 Å². The minimum absolute atomic E-state index is 0.0926. The van der Waals surface area contributed by atoms with Crippen molar-refractivity contribution in [3.8, 4) is 0 Å². The highest BCUT2D eigenvalue weighted by atomic mass is 16.3. The number of nitrogens with one attached hydrogen (secondary N) is 1. The van der Waals surface area contributed by atoms with E-state index in [0.29, 0.717) is 18.4 Å². The molecule has 0 saturated carbocycles. The summed E-state index contributed by atoms with van der Waals surface area (Å²) in [5, 5.41) is 11.4. The molecular weight excluding hydrogens is 166 g/mol. The van der Waals surface area contributed by atoms with E-state index in [9.17, 15) is 0 Å². The number of aliphatic hydroxyl groups is 1. The van der Waals surface area contributed by atoms with Gasteiger partial charge in [-0.1, -0.05) is 13.8 Å². The van der Waals surface area contributed by atoms with Crippen LogP contribution in [0.3, 0.4) is 0 Å². The molecule has 0 aliphatic carbocycles. The summed E-state index contributed by atoms with van der Waals surface area (Å²) in [6.07, 6.45) is 3.61. The van der Waals surface area contributed by atoms with E-state index in [1.54, 1.807) is 12.4 Å². The second-order valence-electron chi connectivity index (χ2n) is 3.15. The molecule has 0 radical (unpaired) electrons. The molecule has 0 bridgehead atoms. The maximum atomic E-state index is 8.55. The van der Waals surface area contributed by atoms with Crippen LogP contribution in [0.5, 0.6) is 0 Å². The van der Waals surface area contributed by atoms with Gasteiger partial charge in [0.15, 0.2) is 0 Å². The number of rotatable bonds is 4. The number of nitrogens with zero attached hydrogens (tertiary/aromatic N) is 2. The molecule has 0 fully saturated rings. The van der Waals surface area contributed by atoms with Gasteiger partial charge in [-0.3, -0.25) is 0 Å². The molecule has 0 aromatic carbocycles. The summed E-state index contributed by atoms with van der Waals surface area (Å²) in [6, 6.07) is 0. The van der Waals surface area contributed by atoms with Gasteiger partial charge in [-0.15, -0.1) is 0 Å². The molecule has 0 aliphatic heterocycles. The standard InChI is InChI=1S/C9H15N3O/c1-7(2)8-5-11-9(12-6-8)10-3-4-13/h5-7,13H,3-4H2,1-2H3,(H,10,11,12). The van der Waals surface area contributed by atoms with Gasteiger partial charge < -0.3 is 10.4 Å². The smallest absolute Gasteiger partial charge is 0.222 e. The first-order valence-corrected chi connectivity index (χ1v) is 4.40. The highest BCUT2D eigenvalue weighted by Gasteiger charge is 2.00. The minimum Gasteiger partial charge on any atom is -0.395 e. The third-order valence-corrected chi connectivity index (χ3v) is 1.73. The number of hydrogen-bond acceptors (Lipinski definition) is 4. The predicted molar refractivity (Wildman–Crippen MR) is 51.7 cm³/mol. The second-order valence-corrected chi connectivity index (χ2v) is 3.15. The molecule has 0 atom stereocenters. The van der Waals surface area contributed by atoms with Crippen molar-refractivity contribution in [1.29, 1.82) is 0 Å². The summed E-state index contributed by atoms with van der Waals surface area (Å²) >= 11 is 0. The predicted octanol–water partition coefficient (Wildman–Crippen LogP) is 1.00. The van der Waals surface area contributed by atoms with Crippen LogP contribution in [-0.2, 0) is 0 Å². The lowest BCUT2D eigenvalue weighted by atomic mass is 10.1. The van der Waals surface area contributed by atoms with Crippen LogP contribution >= 0.6 is 0 Å². The Labute approximate surface area is 78.0 Å². The first kappa shape index (κ1) is 9.92. The zero-order chi connectivity index (χ0) is 9.68. The van der Waals surface area contributed by atoms with E-state index in [1.807, 2.05) is 0 Å². The maximum Gasteiger partial charge on any atom is 0.222 e. The lowest BCUT2D eigenvalue weighted by Gasteiger charge is -2.05. The molecule has 1 heterocycles. The summed E-state index contributed by atoms with van der Waals surface area (Å²) in [4.78, 5) is 8.21. The summed E-state index contributed by atoms with van der Waals surface area (Å²) in [7, 11) is 0. The molecule has 0 saturated heterocycles. The quantitative estimate of drug-likeness (QED) is 0.727. The van der Waals surface area contributed by atoms with Gasteiger partial charge in [-0.2, -0.15) is 0 Å². The van der Waals surface area contributed by atoms with Gasteiger partial charge in [0.05, 0.1) is 6.61 Å². The van der Waals surface area contributed by atoms with Crippen LogP contribution in [-0.4, -0.2) is 28.2 Å². The first-order valence-electron chi connectivity index (χ1n) is 4.40. The highest BCUT2D eigenvalue weighted by Crippen LogP contribution is 2.11. The third kappa shape index (κ3) is 2.99. The van der Waals surface area contributed by atoms with Gasteiger partial charge >= 0.3 is 0 Å². The van der Waals surface area contributed by atoms with Crippen LogP contribution in [0.15, 0.2) is 12.4 Å². The van der Waals surface area contributed by atoms with E-state index in [4.69, 9.17) is 5.11 Å². The zero-order valence-corrected chi connectivity index (χ0v) is 7.99. The summed E-state index contributed by atoms with van der Waals surface area (Å²) in [5.74, 6) is 1.02. The third-order valence-electron chi connectivity index (χ3n) is 1.73. The lowest BCUT2D eigenvalue weighted by molar-refractivity contribution is 0.311. The Morgan fingerprint density at radius 1 is 1.38 bits per heavy atom. The van der Waals surface area contributed by atoms with E-state index in [2.05, 4.69) is 29.1 Å². The van der Waals surface area contributed by atoms with Crippen molar-refractivity contribution in [1.82, 2.24) is 9.97 Å².